The molecule has 1 fully saturated rings. The third-order valence-electron chi connectivity index (χ3n) is 5.54. The Kier molecular flexibility index (Phi) is 6.18. The van der Waals surface area contributed by atoms with Crippen molar-refractivity contribution in [2.75, 3.05) is 18.4 Å². The van der Waals surface area contributed by atoms with Gasteiger partial charge >= 0.3 is 0 Å². The second kappa shape index (κ2) is 9.01. The zero-order valence-corrected chi connectivity index (χ0v) is 19.1. The van der Waals surface area contributed by atoms with Crippen molar-refractivity contribution < 1.29 is 9.59 Å². The average molecular weight is 482 g/mol. The minimum atomic E-state index is -0.268. The van der Waals surface area contributed by atoms with Gasteiger partial charge in [0.15, 0.2) is 0 Å². The van der Waals surface area contributed by atoms with E-state index in [-0.39, 0.29) is 17.7 Å². The number of hydrogen-bond acceptors (Lipinski definition) is 4. The minimum Gasteiger partial charge on any atom is -0.338 e. The van der Waals surface area contributed by atoms with Gasteiger partial charge in [-0.2, -0.15) is 5.10 Å². The maximum absolute atomic E-state index is 13.2. The van der Waals surface area contributed by atoms with Crippen LogP contribution in [-0.4, -0.2) is 44.6 Å². The Hall–Kier alpha value is -3.00. The van der Waals surface area contributed by atoms with Gasteiger partial charge in [-0.15, -0.1) is 0 Å². The molecule has 0 spiro atoms. The average Bonchev–Trinajstić information content (AvgIpc) is 3.16. The van der Waals surface area contributed by atoms with Crippen LogP contribution in [0.2, 0.25) is 0 Å². The maximum atomic E-state index is 13.2. The number of nitrogens with zero attached hydrogens (tertiary/aromatic N) is 4. The highest BCUT2D eigenvalue weighted by atomic mass is 79.9. The zero-order valence-electron chi connectivity index (χ0n) is 17.5. The molecule has 3 heterocycles. The van der Waals surface area contributed by atoms with E-state index in [0.717, 1.165) is 34.3 Å². The Morgan fingerprint density at radius 2 is 2.00 bits per heavy atom. The summed E-state index contributed by atoms with van der Waals surface area (Å²) >= 11 is 3.33. The van der Waals surface area contributed by atoms with Gasteiger partial charge in [0.2, 0.25) is 5.91 Å². The summed E-state index contributed by atoms with van der Waals surface area (Å²) in [5.41, 5.74) is 3.42. The number of hydrogen-bond donors (Lipinski definition) is 1. The lowest BCUT2D eigenvalue weighted by atomic mass is 9.96. The Morgan fingerprint density at radius 1 is 1.16 bits per heavy atom. The zero-order chi connectivity index (χ0) is 22.0. The molecular formula is C23H24BrN5O2. The number of rotatable bonds is 4. The van der Waals surface area contributed by atoms with Crippen LogP contribution in [0.25, 0.3) is 5.69 Å². The number of aromatic nitrogens is 3. The lowest BCUT2D eigenvalue weighted by Crippen LogP contribution is -2.44. The van der Waals surface area contributed by atoms with Crippen LogP contribution in [0.4, 0.5) is 5.82 Å². The van der Waals surface area contributed by atoms with Gasteiger partial charge in [0.05, 0.1) is 29.1 Å². The molecule has 0 saturated carbocycles. The largest absolute Gasteiger partial charge is 0.338 e. The summed E-state index contributed by atoms with van der Waals surface area (Å²) in [4.78, 5) is 31.9. The predicted octanol–water partition coefficient (Wildman–Crippen LogP) is 4.14. The first-order chi connectivity index (χ1) is 14.9. The molecule has 31 heavy (non-hydrogen) atoms. The molecular weight excluding hydrogens is 458 g/mol. The molecule has 3 aromatic rings. The molecule has 2 amide bonds. The second-order valence-corrected chi connectivity index (χ2v) is 8.75. The van der Waals surface area contributed by atoms with Crippen LogP contribution in [0.3, 0.4) is 0 Å². The molecule has 1 aromatic carbocycles. The molecule has 160 valence electrons. The number of amides is 2. The normalized spacial score (nSPS) is 16.2. The number of piperidine rings is 1. The third-order valence-corrected chi connectivity index (χ3v) is 6.01. The van der Waals surface area contributed by atoms with E-state index in [0.29, 0.717) is 24.5 Å². The van der Waals surface area contributed by atoms with Crippen molar-refractivity contribution in [2.24, 2.45) is 5.92 Å². The molecule has 0 aliphatic carbocycles. The molecule has 1 aliphatic heterocycles. The third kappa shape index (κ3) is 4.69. The molecule has 7 nitrogen and oxygen atoms in total. The number of likely N-dealkylation sites (tertiary alicyclic amines) is 1. The Morgan fingerprint density at radius 3 is 2.74 bits per heavy atom. The Balaban J connectivity index is 1.46. The van der Waals surface area contributed by atoms with E-state index in [4.69, 9.17) is 0 Å². The number of pyridine rings is 1. The van der Waals surface area contributed by atoms with Crippen molar-refractivity contribution in [1.82, 2.24) is 19.7 Å². The summed E-state index contributed by atoms with van der Waals surface area (Å²) in [5.74, 6) is 0.0392. The molecule has 0 unspecified atom stereocenters. The van der Waals surface area contributed by atoms with E-state index in [2.05, 4.69) is 31.3 Å². The van der Waals surface area contributed by atoms with Crippen molar-refractivity contribution in [3.63, 3.8) is 0 Å². The number of benzene rings is 1. The summed E-state index contributed by atoms with van der Waals surface area (Å²) in [5, 5.41) is 7.29. The molecule has 1 aliphatic rings. The van der Waals surface area contributed by atoms with Gasteiger partial charge in [-0.1, -0.05) is 12.1 Å². The van der Waals surface area contributed by atoms with Crippen LogP contribution in [0.5, 0.6) is 0 Å². The maximum Gasteiger partial charge on any atom is 0.257 e. The van der Waals surface area contributed by atoms with E-state index < -0.39 is 0 Å². The number of anilines is 1. The van der Waals surface area contributed by atoms with Gasteiger partial charge in [0, 0.05) is 23.8 Å². The van der Waals surface area contributed by atoms with Crippen LogP contribution in [0, 0.1) is 19.8 Å². The first-order valence-corrected chi connectivity index (χ1v) is 11.0. The molecule has 2 aromatic heterocycles. The van der Waals surface area contributed by atoms with E-state index in [1.165, 1.54) is 0 Å². The predicted molar refractivity (Wildman–Crippen MR) is 122 cm³/mol. The van der Waals surface area contributed by atoms with Crippen molar-refractivity contribution in [1.29, 1.82) is 0 Å². The number of nitrogens with one attached hydrogen (secondary N) is 1. The number of carbonyl (C=O) groups is 2. The van der Waals surface area contributed by atoms with Crippen molar-refractivity contribution in [2.45, 2.75) is 26.7 Å². The summed E-state index contributed by atoms with van der Waals surface area (Å²) in [6.07, 6.45) is 4.78. The van der Waals surface area contributed by atoms with Gasteiger partial charge in [0.1, 0.15) is 5.82 Å². The van der Waals surface area contributed by atoms with Gasteiger partial charge < -0.3 is 10.2 Å². The monoisotopic (exact) mass is 481 g/mol. The highest BCUT2D eigenvalue weighted by Gasteiger charge is 2.30. The second-order valence-electron chi connectivity index (χ2n) is 7.84. The van der Waals surface area contributed by atoms with Gasteiger partial charge in [-0.25, -0.2) is 9.67 Å². The van der Waals surface area contributed by atoms with Gasteiger partial charge in [-0.05, 0) is 72.4 Å². The first-order valence-electron chi connectivity index (χ1n) is 10.3. The van der Waals surface area contributed by atoms with E-state index >= 15 is 0 Å². The molecule has 0 radical (unpaired) electrons. The summed E-state index contributed by atoms with van der Waals surface area (Å²) in [6, 6.07) is 11.6. The lowest BCUT2D eigenvalue weighted by molar-refractivity contribution is -0.121. The molecule has 1 saturated heterocycles. The van der Waals surface area contributed by atoms with Crippen molar-refractivity contribution in [3.05, 3.63) is 70.1 Å². The number of aryl methyl sites for hydroxylation is 1. The van der Waals surface area contributed by atoms with Crippen LogP contribution >= 0.6 is 15.9 Å². The van der Waals surface area contributed by atoms with Crippen molar-refractivity contribution in [3.8, 4) is 5.69 Å². The quantitative estimate of drug-likeness (QED) is 0.607. The number of halogens is 1. The lowest BCUT2D eigenvalue weighted by Gasteiger charge is -2.32. The van der Waals surface area contributed by atoms with Gasteiger partial charge in [-0.3, -0.25) is 9.59 Å². The molecule has 1 atom stereocenters. The molecule has 8 heteroatoms. The number of carbonyl (C=O) groups excluding carboxylic acids is 2. The summed E-state index contributed by atoms with van der Waals surface area (Å²) < 4.78 is 2.63. The fourth-order valence-corrected chi connectivity index (χ4v) is 4.10. The molecule has 1 N–H and O–H groups in total. The standard InChI is InChI=1S/C23H24BrN5O2/c1-15-5-3-7-19(11-15)29-16(2)20(13-26-29)23(31)28-10-4-6-17(14-28)22(30)27-21-9-8-18(24)12-25-21/h3,5,7-9,11-13,17H,4,6,10,14H2,1-2H3,(H,25,27,30)/t17-/m1/s1. The topological polar surface area (TPSA) is 80.1 Å². The van der Waals surface area contributed by atoms with Crippen LogP contribution in [0.1, 0.15) is 34.5 Å². The van der Waals surface area contributed by atoms with E-state index in [1.54, 1.807) is 28.0 Å². The van der Waals surface area contributed by atoms with Crippen molar-refractivity contribution >= 4 is 33.6 Å². The minimum absolute atomic E-state index is 0.0873. The highest BCUT2D eigenvalue weighted by Crippen LogP contribution is 2.23. The van der Waals surface area contributed by atoms with Crippen LogP contribution in [-0.2, 0) is 4.79 Å². The highest BCUT2D eigenvalue weighted by molar-refractivity contribution is 9.10. The summed E-state index contributed by atoms with van der Waals surface area (Å²) in [7, 11) is 0. The van der Waals surface area contributed by atoms with E-state index in [1.807, 2.05) is 44.2 Å². The fraction of sp³-hybridized carbons (Fsp3) is 0.304. The SMILES string of the molecule is Cc1cccc(-n2ncc(C(=O)N3CCC[C@@H](C(=O)Nc4ccc(Br)cn4)C3)c2C)c1. The van der Waals surface area contributed by atoms with Gasteiger partial charge in [0.25, 0.3) is 5.91 Å². The van der Waals surface area contributed by atoms with Crippen LogP contribution in [0.15, 0.2) is 53.3 Å². The summed E-state index contributed by atoms with van der Waals surface area (Å²) in [6.45, 7) is 4.94. The van der Waals surface area contributed by atoms with E-state index in [9.17, 15) is 9.59 Å². The fourth-order valence-electron chi connectivity index (χ4n) is 3.86. The van der Waals surface area contributed by atoms with Crippen LogP contribution < -0.4 is 5.32 Å². The molecule has 4 rings (SSSR count). The Labute approximate surface area is 189 Å². The molecule has 0 bridgehead atoms. The Bertz CT molecular complexity index is 1110. The smallest absolute Gasteiger partial charge is 0.257 e. The first kappa shape index (κ1) is 21.2.